The fourth-order valence-electron chi connectivity index (χ4n) is 2.72. The van der Waals surface area contributed by atoms with E-state index in [0.717, 1.165) is 38.4 Å². The van der Waals surface area contributed by atoms with Crippen molar-refractivity contribution in [1.29, 1.82) is 0 Å². The van der Waals surface area contributed by atoms with Crippen molar-refractivity contribution >= 4 is 0 Å². The highest BCUT2D eigenvalue weighted by atomic mass is 16.5. The topological polar surface area (TPSA) is 38.7 Å². The first kappa shape index (κ1) is 8.74. The molecule has 2 aliphatic heterocycles. The van der Waals surface area contributed by atoms with Gasteiger partial charge in [0.05, 0.1) is 19.8 Å². The van der Waals surface area contributed by atoms with Gasteiger partial charge in [0, 0.05) is 5.92 Å². The highest BCUT2D eigenvalue weighted by Crippen LogP contribution is 2.54. The molecule has 3 unspecified atom stereocenters. The molecule has 3 nitrogen and oxygen atoms in total. The first-order valence-corrected chi connectivity index (χ1v) is 5.46. The number of hydrogen-bond donors (Lipinski definition) is 1. The second-order valence-electron chi connectivity index (χ2n) is 4.48. The third-order valence-electron chi connectivity index (χ3n) is 3.64. The smallest absolute Gasteiger partial charge is 0.121 e. The fraction of sp³-hybridized carbons (Fsp3) is 0.818. The molecule has 3 rings (SSSR count). The van der Waals surface area contributed by atoms with Crippen LogP contribution in [0.5, 0.6) is 0 Å². The normalized spacial score (nSPS) is 42.4. The summed E-state index contributed by atoms with van der Waals surface area (Å²) in [5.41, 5.74) is 0. The van der Waals surface area contributed by atoms with E-state index >= 15 is 0 Å². The maximum atomic E-state index is 10.1. The third-order valence-corrected chi connectivity index (χ3v) is 3.64. The molecule has 1 saturated carbocycles. The maximum Gasteiger partial charge on any atom is 0.121 e. The summed E-state index contributed by atoms with van der Waals surface area (Å²) in [7, 11) is 0. The molecule has 0 bridgehead atoms. The van der Waals surface area contributed by atoms with Crippen LogP contribution in [0.15, 0.2) is 11.8 Å². The van der Waals surface area contributed by atoms with E-state index in [1.54, 1.807) is 0 Å². The molecule has 0 amide bonds. The Morgan fingerprint density at radius 2 is 2.14 bits per heavy atom. The van der Waals surface area contributed by atoms with Gasteiger partial charge in [-0.2, -0.15) is 0 Å². The quantitative estimate of drug-likeness (QED) is 0.714. The Hall–Kier alpha value is -0.540. The minimum absolute atomic E-state index is 0.366. The van der Waals surface area contributed by atoms with Gasteiger partial charge in [-0.15, -0.1) is 0 Å². The van der Waals surface area contributed by atoms with Crippen LogP contribution in [0.25, 0.3) is 0 Å². The molecule has 2 heterocycles. The first-order valence-electron chi connectivity index (χ1n) is 5.46. The van der Waals surface area contributed by atoms with E-state index < -0.39 is 0 Å². The molecule has 3 aliphatic rings. The van der Waals surface area contributed by atoms with Gasteiger partial charge >= 0.3 is 0 Å². The standard InChI is InChI=1S/C11H16O3/c12-11(9-3-1-2-4-14-9)10-7-5-13-6-8(7)10/h3,7-8,10-12H,1-2,4-6H2. The summed E-state index contributed by atoms with van der Waals surface area (Å²) in [6, 6.07) is 0. The van der Waals surface area contributed by atoms with Gasteiger partial charge in [-0.1, -0.05) is 0 Å². The second kappa shape index (κ2) is 3.24. The van der Waals surface area contributed by atoms with Crippen molar-refractivity contribution in [2.45, 2.75) is 18.9 Å². The average Bonchev–Trinajstić information content (AvgIpc) is 2.72. The summed E-state index contributed by atoms with van der Waals surface area (Å²) in [4.78, 5) is 0. The molecule has 78 valence electrons. The zero-order chi connectivity index (χ0) is 9.54. The van der Waals surface area contributed by atoms with Crippen molar-refractivity contribution < 1.29 is 14.6 Å². The molecule has 0 aromatic carbocycles. The Bertz CT molecular complexity index is 251. The van der Waals surface area contributed by atoms with Crippen molar-refractivity contribution in [2.75, 3.05) is 19.8 Å². The van der Waals surface area contributed by atoms with E-state index in [0.29, 0.717) is 17.8 Å². The van der Waals surface area contributed by atoms with Crippen LogP contribution in [0, 0.1) is 17.8 Å². The van der Waals surface area contributed by atoms with Crippen LogP contribution < -0.4 is 0 Å². The largest absolute Gasteiger partial charge is 0.495 e. The van der Waals surface area contributed by atoms with Crippen molar-refractivity contribution in [3.8, 4) is 0 Å². The zero-order valence-corrected chi connectivity index (χ0v) is 8.19. The summed E-state index contributed by atoms with van der Waals surface area (Å²) in [6.45, 7) is 2.43. The lowest BCUT2D eigenvalue weighted by Crippen LogP contribution is -2.22. The van der Waals surface area contributed by atoms with E-state index in [9.17, 15) is 5.11 Å². The predicted molar refractivity (Wildman–Crippen MR) is 50.6 cm³/mol. The Kier molecular flexibility index (Phi) is 2.03. The summed E-state index contributed by atoms with van der Waals surface area (Å²) >= 11 is 0. The van der Waals surface area contributed by atoms with Gasteiger partial charge in [0.15, 0.2) is 0 Å². The number of aliphatic hydroxyl groups is 1. The minimum Gasteiger partial charge on any atom is -0.495 e. The molecule has 14 heavy (non-hydrogen) atoms. The fourth-order valence-corrected chi connectivity index (χ4v) is 2.72. The summed E-state index contributed by atoms with van der Waals surface area (Å²) in [5.74, 6) is 2.41. The summed E-state index contributed by atoms with van der Waals surface area (Å²) < 4.78 is 10.8. The molecule has 0 aromatic rings. The molecule has 1 N–H and O–H groups in total. The van der Waals surface area contributed by atoms with Crippen LogP contribution in [0.4, 0.5) is 0 Å². The van der Waals surface area contributed by atoms with E-state index in [1.165, 1.54) is 0 Å². The van der Waals surface area contributed by atoms with Gasteiger partial charge in [0.2, 0.25) is 0 Å². The zero-order valence-electron chi connectivity index (χ0n) is 8.19. The molecule has 3 heteroatoms. The average molecular weight is 196 g/mol. The lowest BCUT2D eigenvalue weighted by atomic mass is 10.1. The van der Waals surface area contributed by atoms with Crippen LogP contribution >= 0.6 is 0 Å². The molecule has 1 saturated heterocycles. The monoisotopic (exact) mass is 196 g/mol. The van der Waals surface area contributed by atoms with Gasteiger partial charge < -0.3 is 14.6 Å². The molecule has 0 spiro atoms. The van der Waals surface area contributed by atoms with Crippen LogP contribution in [-0.2, 0) is 9.47 Å². The lowest BCUT2D eigenvalue weighted by molar-refractivity contribution is 0.0534. The van der Waals surface area contributed by atoms with Gasteiger partial charge in [-0.25, -0.2) is 0 Å². The van der Waals surface area contributed by atoms with Gasteiger partial charge in [-0.3, -0.25) is 0 Å². The number of hydrogen-bond acceptors (Lipinski definition) is 3. The molecular formula is C11H16O3. The molecule has 2 fully saturated rings. The second-order valence-corrected chi connectivity index (χ2v) is 4.48. The summed E-state index contributed by atoms with van der Waals surface area (Å²) in [6.07, 6.45) is 3.81. The van der Waals surface area contributed by atoms with E-state index in [1.807, 2.05) is 6.08 Å². The Morgan fingerprint density at radius 3 is 2.79 bits per heavy atom. The highest BCUT2D eigenvalue weighted by Gasteiger charge is 2.58. The lowest BCUT2D eigenvalue weighted by Gasteiger charge is -2.20. The first-order chi connectivity index (χ1) is 6.88. The molecule has 1 aliphatic carbocycles. The van der Waals surface area contributed by atoms with E-state index in [-0.39, 0.29) is 6.10 Å². The molecule has 3 atom stereocenters. The Morgan fingerprint density at radius 1 is 1.36 bits per heavy atom. The molecule has 0 aromatic heterocycles. The third kappa shape index (κ3) is 1.27. The van der Waals surface area contributed by atoms with Gasteiger partial charge in [0.25, 0.3) is 0 Å². The number of ether oxygens (including phenoxy) is 2. The van der Waals surface area contributed by atoms with Crippen LogP contribution in [0.2, 0.25) is 0 Å². The highest BCUT2D eigenvalue weighted by molar-refractivity contribution is 5.14. The maximum absolute atomic E-state index is 10.1. The van der Waals surface area contributed by atoms with Crippen molar-refractivity contribution in [2.24, 2.45) is 17.8 Å². The SMILES string of the molecule is OC(C1=CCCCO1)C1C2COCC21. The number of allylic oxidation sites excluding steroid dienone is 1. The Balaban J connectivity index is 1.65. The molecule has 0 radical (unpaired) electrons. The van der Waals surface area contributed by atoms with E-state index in [2.05, 4.69) is 0 Å². The van der Waals surface area contributed by atoms with Crippen molar-refractivity contribution in [3.05, 3.63) is 11.8 Å². The van der Waals surface area contributed by atoms with Crippen molar-refractivity contribution in [3.63, 3.8) is 0 Å². The summed E-state index contributed by atoms with van der Waals surface area (Å²) in [5, 5.41) is 10.1. The van der Waals surface area contributed by atoms with Gasteiger partial charge in [0.1, 0.15) is 11.9 Å². The predicted octanol–water partition coefficient (Wildman–Crippen LogP) is 0.934. The molecular weight excluding hydrogens is 180 g/mol. The van der Waals surface area contributed by atoms with Crippen LogP contribution in [-0.4, -0.2) is 31.0 Å². The van der Waals surface area contributed by atoms with E-state index in [4.69, 9.17) is 9.47 Å². The minimum atomic E-state index is -0.366. The van der Waals surface area contributed by atoms with Crippen LogP contribution in [0.3, 0.4) is 0 Å². The number of fused-ring (bicyclic) bond motifs is 1. The van der Waals surface area contributed by atoms with Gasteiger partial charge in [-0.05, 0) is 30.8 Å². The number of aliphatic hydroxyl groups excluding tert-OH is 1. The Labute approximate surface area is 83.7 Å². The number of rotatable bonds is 2. The van der Waals surface area contributed by atoms with Crippen LogP contribution in [0.1, 0.15) is 12.8 Å². The van der Waals surface area contributed by atoms with Crippen molar-refractivity contribution in [1.82, 2.24) is 0 Å².